The number of thiophene rings is 1. The molecule has 0 aliphatic rings. The third-order valence-corrected chi connectivity index (χ3v) is 4.47. The molecule has 0 amide bonds. The first kappa shape index (κ1) is 12.2. The van der Waals surface area contributed by atoms with Crippen molar-refractivity contribution < 1.29 is 4.79 Å². The van der Waals surface area contributed by atoms with Gasteiger partial charge in [0.05, 0.1) is 20.3 Å². The van der Waals surface area contributed by atoms with E-state index in [0.717, 1.165) is 14.7 Å². The SMILES string of the molecule is N#Cc1ccc2c(C(=O)c3ccc(Br)s3)c[nH]c2c1. The summed E-state index contributed by atoms with van der Waals surface area (Å²) in [5, 5.41) is 9.70. The van der Waals surface area contributed by atoms with Crippen molar-refractivity contribution in [3.8, 4) is 6.07 Å². The van der Waals surface area contributed by atoms with Gasteiger partial charge in [-0.1, -0.05) is 6.07 Å². The fourth-order valence-electron chi connectivity index (χ4n) is 1.95. The summed E-state index contributed by atoms with van der Waals surface area (Å²) in [4.78, 5) is 16.1. The lowest BCUT2D eigenvalue weighted by Crippen LogP contribution is -1.96. The number of nitrogens with zero attached hydrogens (tertiary/aromatic N) is 1. The second kappa shape index (κ2) is 4.65. The van der Waals surface area contributed by atoms with Crippen LogP contribution in [-0.2, 0) is 0 Å². The molecule has 0 saturated heterocycles. The van der Waals surface area contributed by atoms with Gasteiger partial charge in [-0.05, 0) is 40.2 Å². The van der Waals surface area contributed by atoms with Crippen molar-refractivity contribution in [3.63, 3.8) is 0 Å². The summed E-state index contributed by atoms with van der Waals surface area (Å²) in [6, 6.07) is 11.0. The molecule has 19 heavy (non-hydrogen) atoms. The monoisotopic (exact) mass is 330 g/mol. The van der Waals surface area contributed by atoms with Crippen molar-refractivity contribution in [2.75, 3.05) is 0 Å². The molecule has 0 aliphatic carbocycles. The van der Waals surface area contributed by atoms with Crippen LogP contribution in [0.1, 0.15) is 20.8 Å². The second-order valence-corrected chi connectivity index (χ2v) is 6.47. The molecule has 1 N–H and O–H groups in total. The Bertz CT molecular complexity index is 825. The average molecular weight is 331 g/mol. The number of halogens is 1. The minimum atomic E-state index is -0.00772. The predicted octanol–water partition coefficient (Wildman–Crippen LogP) is 4.09. The number of H-pyrrole nitrogens is 1. The number of hydrogen-bond donors (Lipinski definition) is 1. The molecule has 3 aromatic rings. The topological polar surface area (TPSA) is 56.6 Å². The van der Waals surface area contributed by atoms with E-state index in [1.807, 2.05) is 6.07 Å². The van der Waals surface area contributed by atoms with E-state index >= 15 is 0 Å². The molecule has 2 heterocycles. The van der Waals surface area contributed by atoms with Gasteiger partial charge in [-0.2, -0.15) is 5.26 Å². The highest BCUT2D eigenvalue weighted by Gasteiger charge is 2.16. The number of aromatic nitrogens is 1. The number of hydrogen-bond acceptors (Lipinski definition) is 3. The van der Waals surface area contributed by atoms with Crippen LogP contribution >= 0.6 is 27.3 Å². The van der Waals surface area contributed by atoms with Crippen molar-refractivity contribution >= 4 is 44.0 Å². The number of ketones is 1. The smallest absolute Gasteiger partial charge is 0.205 e. The molecule has 0 unspecified atom stereocenters. The first-order valence-corrected chi connectivity index (χ1v) is 7.11. The molecule has 0 radical (unpaired) electrons. The van der Waals surface area contributed by atoms with Crippen LogP contribution in [0.25, 0.3) is 10.9 Å². The molecule has 0 aliphatic heterocycles. The summed E-state index contributed by atoms with van der Waals surface area (Å²) in [7, 11) is 0. The van der Waals surface area contributed by atoms with E-state index in [1.165, 1.54) is 11.3 Å². The van der Waals surface area contributed by atoms with E-state index in [2.05, 4.69) is 27.0 Å². The number of carbonyl (C=O) groups is 1. The van der Waals surface area contributed by atoms with Crippen LogP contribution < -0.4 is 0 Å². The number of fused-ring (bicyclic) bond motifs is 1. The minimum absolute atomic E-state index is 0.00772. The Kier molecular flexibility index (Phi) is 2.97. The fourth-order valence-corrected chi connectivity index (χ4v) is 3.29. The van der Waals surface area contributed by atoms with Crippen molar-refractivity contribution in [2.45, 2.75) is 0 Å². The summed E-state index contributed by atoms with van der Waals surface area (Å²) in [6.07, 6.45) is 1.70. The van der Waals surface area contributed by atoms with Gasteiger partial charge in [0.25, 0.3) is 0 Å². The van der Waals surface area contributed by atoms with Gasteiger partial charge in [0, 0.05) is 22.7 Å². The summed E-state index contributed by atoms with van der Waals surface area (Å²) in [5.41, 5.74) is 2.01. The molecule has 3 nitrogen and oxygen atoms in total. The van der Waals surface area contributed by atoms with E-state index < -0.39 is 0 Å². The third kappa shape index (κ3) is 2.09. The van der Waals surface area contributed by atoms with Crippen molar-refractivity contribution in [2.24, 2.45) is 0 Å². The van der Waals surface area contributed by atoms with Crippen LogP contribution in [0.4, 0.5) is 0 Å². The molecule has 2 aromatic heterocycles. The first-order chi connectivity index (χ1) is 9.19. The maximum Gasteiger partial charge on any atom is 0.205 e. The zero-order valence-electron chi connectivity index (χ0n) is 9.61. The Morgan fingerprint density at radius 3 is 2.84 bits per heavy atom. The van der Waals surface area contributed by atoms with E-state index in [1.54, 1.807) is 30.5 Å². The van der Waals surface area contributed by atoms with Crippen molar-refractivity contribution in [1.29, 1.82) is 5.26 Å². The quantitative estimate of drug-likeness (QED) is 0.719. The van der Waals surface area contributed by atoms with Gasteiger partial charge < -0.3 is 4.98 Å². The largest absolute Gasteiger partial charge is 0.360 e. The number of nitriles is 1. The molecule has 0 spiro atoms. The molecule has 3 rings (SSSR count). The van der Waals surface area contributed by atoms with Crippen LogP contribution in [0.2, 0.25) is 0 Å². The standard InChI is InChI=1S/C14H7BrN2OS/c15-13-4-3-12(19-13)14(18)10-7-17-11-5-8(6-16)1-2-9(10)11/h1-5,7,17H. The number of nitrogens with one attached hydrogen (secondary N) is 1. The van der Waals surface area contributed by atoms with Gasteiger partial charge in [0.2, 0.25) is 5.78 Å². The van der Waals surface area contributed by atoms with Gasteiger partial charge in [-0.3, -0.25) is 4.79 Å². The van der Waals surface area contributed by atoms with E-state index in [4.69, 9.17) is 5.26 Å². The molecule has 0 fully saturated rings. The molecular formula is C14H7BrN2OS. The number of rotatable bonds is 2. The molecule has 0 bridgehead atoms. The summed E-state index contributed by atoms with van der Waals surface area (Å²) in [6.45, 7) is 0. The Hall–Kier alpha value is -1.90. The zero-order valence-corrected chi connectivity index (χ0v) is 12.0. The highest BCUT2D eigenvalue weighted by molar-refractivity contribution is 9.11. The van der Waals surface area contributed by atoms with Crippen molar-refractivity contribution in [1.82, 2.24) is 4.98 Å². The molecule has 92 valence electrons. The lowest BCUT2D eigenvalue weighted by atomic mass is 10.1. The highest BCUT2D eigenvalue weighted by atomic mass is 79.9. The molecular weight excluding hydrogens is 324 g/mol. The number of aromatic amines is 1. The average Bonchev–Trinajstić information content (AvgIpc) is 3.03. The van der Waals surface area contributed by atoms with Crippen LogP contribution in [0.3, 0.4) is 0 Å². The van der Waals surface area contributed by atoms with E-state index in [-0.39, 0.29) is 5.78 Å². The van der Waals surface area contributed by atoms with Crippen LogP contribution in [0, 0.1) is 11.3 Å². The molecule has 0 saturated carbocycles. The van der Waals surface area contributed by atoms with Crippen LogP contribution in [0.15, 0.2) is 40.3 Å². The van der Waals surface area contributed by atoms with Gasteiger partial charge in [0.15, 0.2) is 0 Å². The number of benzene rings is 1. The predicted molar refractivity (Wildman–Crippen MR) is 78.5 cm³/mol. The van der Waals surface area contributed by atoms with Gasteiger partial charge in [-0.15, -0.1) is 11.3 Å². The first-order valence-electron chi connectivity index (χ1n) is 5.50. The summed E-state index contributed by atoms with van der Waals surface area (Å²) >= 11 is 4.77. The Labute approximate surface area is 121 Å². The van der Waals surface area contributed by atoms with Crippen LogP contribution in [-0.4, -0.2) is 10.8 Å². The van der Waals surface area contributed by atoms with Gasteiger partial charge in [0.1, 0.15) is 0 Å². The lowest BCUT2D eigenvalue weighted by molar-refractivity contribution is 0.104. The summed E-state index contributed by atoms with van der Waals surface area (Å²) < 4.78 is 0.933. The van der Waals surface area contributed by atoms with Gasteiger partial charge in [-0.25, -0.2) is 0 Å². The maximum absolute atomic E-state index is 12.4. The Balaban J connectivity index is 2.11. The third-order valence-electron chi connectivity index (χ3n) is 2.85. The van der Waals surface area contributed by atoms with E-state index in [0.29, 0.717) is 16.0 Å². The molecule has 5 heteroatoms. The van der Waals surface area contributed by atoms with E-state index in [9.17, 15) is 4.79 Å². The molecule has 0 atom stereocenters. The zero-order chi connectivity index (χ0) is 13.4. The Morgan fingerprint density at radius 2 is 2.16 bits per heavy atom. The van der Waals surface area contributed by atoms with Crippen LogP contribution in [0.5, 0.6) is 0 Å². The van der Waals surface area contributed by atoms with Gasteiger partial charge >= 0.3 is 0 Å². The minimum Gasteiger partial charge on any atom is -0.360 e. The van der Waals surface area contributed by atoms with Crippen molar-refractivity contribution in [3.05, 3.63) is 56.3 Å². The summed E-state index contributed by atoms with van der Waals surface area (Å²) in [5.74, 6) is -0.00772. The maximum atomic E-state index is 12.4. The second-order valence-electron chi connectivity index (χ2n) is 4.01. The Morgan fingerprint density at radius 1 is 1.32 bits per heavy atom. The number of carbonyl (C=O) groups excluding carboxylic acids is 1. The lowest BCUT2D eigenvalue weighted by Gasteiger charge is -1.96. The molecule has 1 aromatic carbocycles. The normalized spacial score (nSPS) is 10.5. The fraction of sp³-hybridized carbons (Fsp3) is 0. The highest BCUT2D eigenvalue weighted by Crippen LogP contribution is 2.27.